The Morgan fingerprint density at radius 2 is 1.93 bits per heavy atom. The van der Waals surface area contributed by atoms with Crippen LogP contribution >= 0.6 is 0 Å². The van der Waals surface area contributed by atoms with Gasteiger partial charge in [0.1, 0.15) is 5.78 Å². The molecule has 0 fully saturated rings. The van der Waals surface area contributed by atoms with Gasteiger partial charge in [-0.1, -0.05) is 12.1 Å². The van der Waals surface area contributed by atoms with Gasteiger partial charge in [0.2, 0.25) is 0 Å². The lowest BCUT2D eigenvalue weighted by atomic mass is 10.2. The first kappa shape index (κ1) is 12.1. The molecule has 0 aliphatic rings. The summed E-state index contributed by atoms with van der Waals surface area (Å²) in [6.07, 6.45) is 0. The molecular formula is C12H16O2S. The van der Waals surface area contributed by atoms with Crippen LogP contribution in [0.15, 0.2) is 23.1 Å². The number of ketones is 1. The van der Waals surface area contributed by atoms with E-state index >= 15 is 0 Å². The van der Waals surface area contributed by atoms with Gasteiger partial charge < -0.3 is 0 Å². The summed E-state index contributed by atoms with van der Waals surface area (Å²) >= 11 is 0. The van der Waals surface area contributed by atoms with Crippen molar-refractivity contribution in [3.05, 3.63) is 29.3 Å². The van der Waals surface area contributed by atoms with Gasteiger partial charge in [-0.25, -0.2) is 0 Å². The average molecular weight is 224 g/mol. The fourth-order valence-electron chi connectivity index (χ4n) is 1.27. The number of carbonyl (C=O) groups excluding carboxylic acids is 1. The third-order valence-electron chi connectivity index (χ3n) is 2.45. The molecule has 1 rings (SSSR count). The molecule has 0 N–H and O–H groups in total. The van der Waals surface area contributed by atoms with Crippen LogP contribution in [0.1, 0.15) is 25.0 Å². The van der Waals surface area contributed by atoms with Crippen molar-refractivity contribution in [2.45, 2.75) is 37.8 Å². The third-order valence-corrected chi connectivity index (χ3v) is 4.30. The minimum atomic E-state index is -1.23. The molecule has 0 amide bonds. The maximum atomic E-state index is 12.0. The number of Topliss-reactive ketones (excluding diaryl/α,β-unsaturated/α-hetero) is 1. The molecule has 82 valence electrons. The minimum Gasteiger partial charge on any atom is -0.299 e. The highest BCUT2D eigenvalue weighted by Gasteiger charge is 2.19. The van der Waals surface area contributed by atoms with Gasteiger partial charge in [-0.05, 0) is 44.9 Å². The number of aryl methyl sites for hydroxylation is 2. The highest BCUT2D eigenvalue weighted by molar-refractivity contribution is 7.86. The van der Waals surface area contributed by atoms with Crippen molar-refractivity contribution >= 4 is 16.6 Å². The second-order valence-electron chi connectivity index (χ2n) is 3.82. The van der Waals surface area contributed by atoms with Crippen LogP contribution in [-0.4, -0.2) is 15.2 Å². The average Bonchev–Trinajstić information content (AvgIpc) is 2.19. The van der Waals surface area contributed by atoms with Crippen LogP contribution in [0.2, 0.25) is 0 Å². The predicted molar refractivity (Wildman–Crippen MR) is 62.5 cm³/mol. The highest BCUT2D eigenvalue weighted by atomic mass is 32.2. The van der Waals surface area contributed by atoms with Gasteiger partial charge in [0.05, 0.1) is 16.0 Å². The second-order valence-corrected chi connectivity index (χ2v) is 5.56. The molecule has 0 saturated heterocycles. The number of carbonyl (C=O) groups is 1. The molecule has 0 radical (unpaired) electrons. The van der Waals surface area contributed by atoms with Gasteiger partial charge in [-0.2, -0.15) is 0 Å². The van der Waals surface area contributed by atoms with E-state index in [9.17, 15) is 9.00 Å². The maximum absolute atomic E-state index is 12.0. The standard InChI is InChI=1S/C12H16O2S/c1-8-5-6-9(2)12(7-8)15(14)11(4)10(3)13/h5-7,11H,1-4H3. The molecule has 0 aromatic heterocycles. The van der Waals surface area contributed by atoms with Crippen molar-refractivity contribution in [2.24, 2.45) is 0 Å². The molecule has 15 heavy (non-hydrogen) atoms. The fraction of sp³-hybridized carbons (Fsp3) is 0.417. The molecule has 0 bridgehead atoms. The monoisotopic (exact) mass is 224 g/mol. The zero-order valence-corrected chi connectivity index (χ0v) is 10.4. The smallest absolute Gasteiger partial charge is 0.145 e. The van der Waals surface area contributed by atoms with Crippen LogP contribution in [-0.2, 0) is 15.6 Å². The van der Waals surface area contributed by atoms with Crippen molar-refractivity contribution in [1.29, 1.82) is 0 Å². The van der Waals surface area contributed by atoms with Gasteiger partial charge >= 0.3 is 0 Å². The Kier molecular flexibility index (Phi) is 3.80. The molecular weight excluding hydrogens is 208 g/mol. The van der Waals surface area contributed by atoms with Crippen LogP contribution in [0.3, 0.4) is 0 Å². The van der Waals surface area contributed by atoms with Crippen LogP contribution in [0.5, 0.6) is 0 Å². The fourth-order valence-corrected chi connectivity index (χ4v) is 2.64. The Morgan fingerprint density at radius 1 is 1.33 bits per heavy atom. The van der Waals surface area contributed by atoms with Crippen LogP contribution in [0.25, 0.3) is 0 Å². The zero-order valence-electron chi connectivity index (χ0n) is 9.53. The third kappa shape index (κ3) is 2.75. The molecule has 2 atom stereocenters. The van der Waals surface area contributed by atoms with Crippen LogP contribution in [0, 0.1) is 13.8 Å². The SMILES string of the molecule is CC(=O)C(C)S(=O)c1cc(C)ccc1C. The van der Waals surface area contributed by atoms with E-state index in [1.165, 1.54) is 6.92 Å². The molecule has 2 nitrogen and oxygen atoms in total. The van der Waals surface area contributed by atoms with E-state index in [4.69, 9.17) is 0 Å². The first-order valence-corrected chi connectivity index (χ1v) is 6.13. The molecule has 0 spiro atoms. The van der Waals surface area contributed by atoms with Crippen LogP contribution < -0.4 is 0 Å². The normalized spacial score (nSPS) is 14.7. The maximum Gasteiger partial charge on any atom is 0.145 e. The number of benzene rings is 1. The van der Waals surface area contributed by atoms with E-state index in [-0.39, 0.29) is 5.78 Å². The first-order chi connectivity index (χ1) is 6.93. The van der Waals surface area contributed by atoms with Crippen molar-refractivity contribution in [1.82, 2.24) is 0 Å². The summed E-state index contributed by atoms with van der Waals surface area (Å²) in [6, 6.07) is 5.81. The van der Waals surface area contributed by atoms with Crippen LogP contribution in [0.4, 0.5) is 0 Å². The lowest BCUT2D eigenvalue weighted by Gasteiger charge is -2.11. The summed E-state index contributed by atoms with van der Waals surface area (Å²) in [4.78, 5) is 11.9. The van der Waals surface area contributed by atoms with Crippen molar-refractivity contribution < 1.29 is 9.00 Å². The minimum absolute atomic E-state index is 0.0331. The molecule has 2 unspecified atom stereocenters. The largest absolute Gasteiger partial charge is 0.299 e. The number of hydrogen-bond donors (Lipinski definition) is 0. The van der Waals surface area contributed by atoms with E-state index in [0.29, 0.717) is 0 Å². The van der Waals surface area contributed by atoms with Gasteiger partial charge in [0, 0.05) is 4.90 Å². The molecule has 0 saturated carbocycles. The van der Waals surface area contributed by atoms with Gasteiger partial charge in [-0.3, -0.25) is 9.00 Å². The Balaban J connectivity index is 3.11. The van der Waals surface area contributed by atoms with E-state index in [1.807, 2.05) is 32.0 Å². The number of rotatable bonds is 3. The zero-order chi connectivity index (χ0) is 11.6. The molecule has 0 aliphatic carbocycles. The summed E-state index contributed by atoms with van der Waals surface area (Å²) in [5, 5.41) is -0.425. The summed E-state index contributed by atoms with van der Waals surface area (Å²) in [7, 11) is -1.23. The Hall–Kier alpha value is -0.960. The van der Waals surface area contributed by atoms with E-state index in [1.54, 1.807) is 6.92 Å². The summed E-state index contributed by atoms with van der Waals surface area (Å²) in [6.45, 7) is 7.06. The summed E-state index contributed by atoms with van der Waals surface area (Å²) < 4.78 is 12.0. The molecule has 3 heteroatoms. The lowest BCUT2D eigenvalue weighted by molar-refractivity contribution is -0.116. The first-order valence-electron chi connectivity index (χ1n) is 4.91. The van der Waals surface area contributed by atoms with Gasteiger partial charge in [-0.15, -0.1) is 0 Å². The van der Waals surface area contributed by atoms with Crippen molar-refractivity contribution in [3.8, 4) is 0 Å². The highest BCUT2D eigenvalue weighted by Crippen LogP contribution is 2.18. The van der Waals surface area contributed by atoms with Gasteiger partial charge in [0.25, 0.3) is 0 Å². The molecule has 0 heterocycles. The summed E-state index contributed by atoms with van der Waals surface area (Å²) in [5.74, 6) is -0.0331. The second kappa shape index (κ2) is 4.71. The van der Waals surface area contributed by atoms with Crippen molar-refractivity contribution in [2.75, 3.05) is 0 Å². The summed E-state index contributed by atoms with van der Waals surface area (Å²) in [5.41, 5.74) is 2.05. The lowest BCUT2D eigenvalue weighted by Crippen LogP contribution is -2.20. The van der Waals surface area contributed by atoms with Crippen molar-refractivity contribution in [3.63, 3.8) is 0 Å². The molecule has 0 aliphatic heterocycles. The Morgan fingerprint density at radius 3 is 2.47 bits per heavy atom. The molecule has 1 aromatic carbocycles. The Labute approximate surface area is 93.2 Å². The Bertz CT molecular complexity index is 410. The topological polar surface area (TPSA) is 34.1 Å². The van der Waals surface area contributed by atoms with Gasteiger partial charge in [0.15, 0.2) is 0 Å². The quantitative estimate of drug-likeness (QED) is 0.790. The van der Waals surface area contributed by atoms with E-state index < -0.39 is 16.0 Å². The number of hydrogen-bond acceptors (Lipinski definition) is 2. The predicted octanol–water partition coefficient (Wildman–Crippen LogP) is 2.39. The molecule has 1 aromatic rings. The van der Waals surface area contributed by atoms with E-state index in [0.717, 1.165) is 16.0 Å². The van der Waals surface area contributed by atoms with E-state index in [2.05, 4.69) is 0 Å².